The summed E-state index contributed by atoms with van der Waals surface area (Å²) in [6.45, 7) is 6.05. The molecule has 0 bridgehead atoms. The van der Waals surface area contributed by atoms with Crippen LogP contribution in [0, 0.1) is 11.8 Å². The van der Waals surface area contributed by atoms with Gasteiger partial charge in [0.2, 0.25) is 0 Å². The molecule has 0 aromatic heterocycles. The van der Waals surface area contributed by atoms with E-state index in [4.69, 9.17) is 0 Å². The smallest absolute Gasteiger partial charge is 0.125 e. The number of rotatable bonds is 1. The largest absolute Gasteiger partial charge is 0.294 e. The lowest BCUT2D eigenvalue weighted by Crippen LogP contribution is -2.55. The van der Waals surface area contributed by atoms with Crippen LogP contribution in [0.3, 0.4) is 0 Å². The molecule has 2 rings (SSSR count). The molecular formula is C11H20FN. The fourth-order valence-electron chi connectivity index (χ4n) is 2.96. The molecule has 2 unspecified atom stereocenters. The molecule has 0 spiro atoms. The van der Waals surface area contributed by atoms with Crippen LogP contribution in [-0.2, 0) is 0 Å². The zero-order valence-electron chi connectivity index (χ0n) is 8.67. The molecule has 1 aliphatic heterocycles. The van der Waals surface area contributed by atoms with E-state index in [0.717, 1.165) is 11.8 Å². The van der Waals surface area contributed by atoms with Crippen molar-refractivity contribution in [2.75, 3.05) is 13.1 Å². The van der Waals surface area contributed by atoms with E-state index >= 15 is 0 Å². The maximum absolute atomic E-state index is 12.7. The zero-order valence-corrected chi connectivity index (χ0v) is 8.67. The summed E-state index contributed by atoms with van der Waals surface area (Å²) in [6.07, 6.45) is 3.41. The third-order valence-electron chi connectivity index (χ3n) is 3.54. The molecule has 76 valence electrons. The number of likely N-dealkylation sites (tertiary alicyclic amines) is 1. The summed E-state index contributed by atoms with van der Waals surface area (Å²) in [4.78, 5) is 2.33. The molecule has 13 heavy (non-hydrogen) atoms. The zero-order chi connectivity index (χ0) is 9.42. The Morgan fingerprint density at radius 3 is 2.00 bits per heavy atom. The topological polar surface area (TPSA) is 3.24 Å². The van der Waals surface area contributed by atoms with Crippen LogP contribution >= 0.6 is 0 Å². The van der Waals surface area contributed by atoms with Gasteiger partial charge in [-0.2, -0.15) is 0 Å². The number of halogens is 1. The molecule has 0 N–H and O–H groups in total. The van der Waals surface area contributed by atoms with Crippen LogP contribution in [-0.4, -0.2) is 30.2 Å². The molecule has 2 aliphatic rings. The molecule has 2 heteroatoms. The first-order valence-electron chi connectivity index (χ1n) is 5.53. The molecule has 0 radical (unpaired) electrons. The Labute approximate surface area is 80.3 Å². The predicted molar refractivity (Wildman–Crippen MR) is 52.4 cm³/mol. The normalized spacial score (nSPS) is 43.2. The summed E-state index contributed by atoms with van der Waals surface area (Å²) in [5, 5.41) is 0. The van der Waals surface area contributed by atoms with Crippen LogP contribution < -0.4 is 0 Å². The van der Waals surface area contributed by atoms with Gasteiger partial charge >= 0.3 is 0 Å². The number of nitrogens with zero attached hydrogens (tertiary/aromatic N) is 1. The highest BCUT2D eigenvalue weighted by molar-refractivity contribution is 4.89. The maximum atomic E-state index is 12.7. The third-order valence-corrected chi connectivity index (χ3v) is 3.54. The van der Waals surface area contributed by atoms with Crippen molar-refractivity contribution in [2.24, 2.45) is 11.8 Å². The second-order valence-electron chi connectivity index (χ2n) is 5.12. The van der Waals surface area contributed by atoms with Crippen molar-refractivity contribution in [1.82, 2.24) is 4.90 Å². The van der Waals surface area contributed by atoms with Crippen LogP contribution in [0.1, 0.15) is 33.1 Å². The minimum Gasteiger partial charge on any atom is -0.294 e. The number of hydrogen-bond acceptors (Lipinski definition) is 1. The van der Waals surface area contributed by atoms with Crippen molar-refractivity contribution in [3.63, 3.8) is 0 Å². The molecule has 2 atom stereocenters. The van der Waals surface area contributed by atoms with Gasteiger partial charge in [0.05, 0.1) is 0 Å². The van der Waals surface area contributed by atoms with Gasteiger partial charge in [0.1, 0.15) is 6.17 Å². The number of alkyl halides is 1. The molecule has 1 saturated heterocycles. The Morgan fingerprint density at radius 2 is 1.54 bits per heavy atom. The minimum absolute atomic E-state index is 0.535. The van der Waals surface area contributed by atoms with Crippen molar-refractivity contribution >= 4 is 0 Å². The van der Waals surface area contributed by atoms with E-state index in [1.54, 1.807) is 0 Å². The van der Waals surface area contributed by atoms with E-state index in [9.17, 15) is 4.39 Å². The van der Waals surface area contributed by atoms with Crippen LogP contribution in [0.5, 0.6) is 0 Å². The van der Waals surface area contributed by atoms with Crippen molar-refractivity contribution in [3.8, 4) is 0 Å². The Kier molecular flexibility index (Phi) is 2.59. The minimum atomic E-state index is -0.535. The van der Waals surface area contributed by atoms with Gasteiger partial charge in [-0.05, 0) is 31.1 Å². The van der Waals surface area contributed by atoms with Gasteiger partial charge in [-0.15, -0.1) is 0 Å². The van der Waals surface area contributed by atoms with Crippen molar-refractivity contribution in [3.05, 3.63) is 0 Å². The van der Waals surface area contributed by atoms with Gasteiger partial charge in [0.15, 0.2) is 0 Å². The molecule has 0 aromatic rings. The average molecular weight is 185 g/mol. The lowest BCUT2D eigenvalue weighted by atomic mass is 9.79. The number of hydrogen-bond donors (Lipinski definition) is 0. The monoisotopic (exact) mass is 185 g/mol. The van der Waals surface area contributed by atoms with E-state index in [1.807, 2.05) is 0 Å². The molecule has 1 saturated carbocycles. The summed E-state index contributed by atoms with van der Waals surface area (Å²) >= 11 is 0. The quantitative estimate of drug-likeness (QED) is 0.606. The first kappa shape index (κ1) is 9.45. The predicted octanol–water partition coefficient (Wildman–Crippen LogP) is 2.46. The summed E-state index contributed by atoms with van der Waals surface area (Å²) in [6, 6.07) is 0.686. The first-order chi connectivity index (χ1) is 6.15. The van der Waals surface area contributed by atoms with Crippen LogP contribution in [0.25, 0.3) is 0 Å². The van der Waals surface area contributed by atoms with E-state index in [0.29, 0.717) is 19.1 Å². The van der Waals surface area contributed by atoms with Crippen molar-refractivity contribution in [2.45, 2.75) is 45.3 Å². The van der Waals surface area contributed by atoms with E-state index in [2.05, 4.69) is 18.7 Å². The van der Waals surface area contributed by atoms with Crippen LogP contribution in [0.4, 0.5) is 4.39 Å². The molecule has 1 heterocycles. The summed E-state index contributed by atoms with van der Waals surface area (Å²) in [5.41, 5.74) is 0. The lowest BCUT2D eigenvalue weighted by Gasteiger charge is -2.45. The van der Waals surface area contributed by atoms with Gasteiger partial charge in [-0.1, -0.05) is 13.8 Å². The molecule has 1 aliphatic carbocycles. The van der Waals surface area contributed by atoms with Gasteiger partial charge < -0.3 is 0 Å². The Morgan fingerprint density at radius 1 is 1.00 bits per heavy atom. The Hall–Kier alpha value is -0.110. The van der Waals surface area contributed by atoms with Gasteiger partial charge in [-0.3, -0.25) is 4.90 Å². The van der Waals surface area contributed by atoms with Gasteiger partial charge in [-0.25, -0.2) is 4.39 Å². The van der Waals surface area contributed by atoms with Crippen LogP contribution in [0.2, 0.25) is 0 Å². The first-order valence-corrected chi connectivity index (χ1v) is 5.53. The Balaban J connectivity index is 1.85. The van der Waals surface area contributed by atoms with Crippen molar-refractivity contribution < 1.29 is 4.39 Å². The maximum Gasteiger partial charge on any atom is 0.125 e. The molecule has 0 aromatic carbocycles. The summed E-state index contributed by atoms with van der Waals surface area (Å²) in [5.74, 6) is 1.68. The van der Waals surface area contributed by atoms with E-state index in [-0.39, 0.29) is 0 Å². The molecule has 2 fully saturated rings. The molecule has 0 amide bonds. The SMILES string of the molecule is CC1CC(C)CC(N2CC(F)C2)C1. The molecule has 1 nitrogen and oxygen atoms in total. The summed E-state index contributed by atoms with van der Waals surface area (Å²) < 4.78 is 12.7. The highest BCUT2D eigenvalue weighted by atomic mass is 19.1. The van der Waals surface area contributed by atoms with E-state index < -0.39 is 6.17 Å². The second kappa shape index (κ2) is 3.56. The second-order valence-corrected chi connectivity index (χ2v) is 5.12. The highest BCUT2D eigenvalue weighted by Gasteiger charge is 2.35. The third kappa shape index (κ3) is 2.04. The summed E-state index contributed by atoms with van der Waals surface area (Å²) in [7, 11) is 0. The Bertz CT molecular complexity index is 167. The average Bonchev–Trinajstić information content (AvgIpc) is 1.96. The lowest BCUT2D eigenvalue weighted by molar-refractivity contribution is -0.00208. The standard InChI is InChI=1S/C11H20FN/c1-8-3-9(2)5-11(4-8)13-6-10(12)7-13/h8-11H,3-7H2,1-2H3. The molecular weight excluding hydrogens is 165 g/mol. The fourth-order valence-corrected chi connectivity index (χ4v) is 2.96. The van der Waals surface area contributed by atoms with Gasteiger partial charge in [0.25, 0.3) is 0 Å². The fraction of sp³-hybridized carbons (Fsp3) is 1.00. The van der Waals surface area contributed by atoms with Gasteiger partial charge in [0, 0.05) is 19.1 Å². The highest BCUT2D eigenvalue weighted by Crippen LogP contribution is 2.33. The van der Waals surface area contributed by atoms with E-state index in [1.165, 1.54) is 19.3 Å². The van der Waals surface area contributed by atoms with Crippen LogP contribution in [0.15, 0.2) is 0 Å². The van der Waals surface area contributed by atoms with Crippen molar-refractivity contribution in [1.29, 1.82) is 0 Å².